The highest BCUT2D eigenvalue weighted by molar-refractivity contribution is 5.92. The zero-order valence-electron chi connectivity index (χ0n) is 20.9. The molecular weight excluding hydrogens is 458 g/mol. The molecule has 0 saturated carbocycles. The Morgan fingerprint density at radius 1 is 1.06 bits per heavy atom. The largest absolute Gasteiger partial charge is 0.497 e. The van der Waals surface area contributed by atoms with Crippen molar-refractivity contribution in [2.75, 3.05) is 26.8 Å². The highest BCUT2D eigenvalue weighted by Gasteiger charge is 2.31. The summed E-state index contributed by atoms with van der Waals surface area (Å²) in [5, 5.41) is 0. The van der Waals surface area contributed by atoms with Gasteiger partial charge in [0.15, 0.2) is 5.69 Å². The average molecular weight is 492 g/mol. The first kappa shape index (κ1) is 25.4. The van der Waals surface area contributed by atoms with Gasteiger partial charge in [-0.05, 0) is 43.0 Å². The third-order valence-corrected chi connectivity index (χ3v) is 6.27. The fraction of sp³-hybridized carbons (Fsp3) is 0.393. The first-order valence-corrected chi connectivity index (χ1v) is 12.3. The number of oxazole rings is 1. The number of piperidine rings is 1. The van der Waals surface area contributed by atoms with E-state index in [1.165, 1.54) is 11.8 Å². The van der Waals surface area contributed by atoms with E-state index in [1.807, 2.05) is 42.5 Å². The molecule has 0 spiro atoms. The molecule has 1 fully saturated rings. The van der Waals surface area contributed by atoms with E-state index in [0.29, 0.717) is 45.2 Å². The van der Waals surface area contributed by atoms with Crippen molar-refractivity contribution in [3.05, 3.63) is 83.6 Å². The topological polar surface area (TPSA) is 85.1 Å². The van der Waals surface area contributed by atoms with Crippen LogP contribution in [0.5, 0.6) is 5.75 Å². The van der Waals surface area contributed by atoms with Crippen LogP contribution in [-0.4, -0.2) is 53.5 Å². The summed E-state index contributed by atoms with van der Waals surface area (Å²) in [4.78, 5) is 33.6. The van der Waals surface area contributed by atoms with Crippen LogP contribution in [0.1, 0.15) is 47.3 Å². The number of hydrogen-bond donors (Lipinski definition) is 0. The van der Waals surface area contributed by atoms with E-state index in [4.69, 9.17) is 13.9 Å². The molecular formula is C28H33N3O5. The lowest BCUT2D eigenvalue weighted by Crippen LogP contribution is -2.43. The van der Waals surface area contributed by atoms with Crippen molar-refractivity contribution >= 4 is 11.9 Å². The number of ether oxygens (including phenoxy) is 2. The molecule has 1 aromatic heterocycles. The number of benzene rings is 2. The number of nitrogens with zero attached hydrogens (tertiary/aromatic N) is 3. The quantitative estimate of drug-likeness (QED) is 0.391. The smallest absolute Gasteiger partial charge is 0.310 e. The molecule has 3 aromatic rings. The van der Waals surface area contributed by atoms with Gasteiger partial charge in [-0.25, -0.2) is 4.98 Å². The highest BCUT2D eigenvalue weighted by Crippen LogP contribution is 2.21. The van der Waals surface area contributed by atoms with Crippen LogP contribution < -0.4 is 4.74 Å². The second-order valence-corrected chi connectivity index (χ2v) is 8.95. The summed E-state index contributed by atoms with van der Waals surface area (Å²) >= 11 is 0. The zero-order chi connectivity index (χ0) is 25.3. The van der Waals surface area contributed by atoms with Crippen LogP contribution in [-0.2, 0) is 29.2 Å². The van der Waals surface area contributed by atoms with E-state index in [2.05, 4.69) is 22.0 Å². The minimum atomic E-state index is -0.292. The summed E-state index contributed by atoms with van der Waals surface area (Å²) < 4.78 is 16.1. The highest BCUT2D eigenvalue weighted by atomic mass is 16.5. The lowest BCUT2D eigenvalue weighted by molar-refractivity contribution is -0.149. The number of methoxy groups -OCH3 is 1. The Hall–Kier alpha value is -3.65. The van der Waals surface area contributed by atoms with Crippen molar-refractivity contribution in [3.63, 3.8) is 0 Å². The van der Waals surface area contributed by atoms with Gasteiger partial charge in [0, 0.05) is 26.2 Å². The fourth-order valence-electron chi connectivity index (χ4n) is 4.45. The predicted octanol–water partition coefficient (Wildman–Crippen LogP) is 4.30. The zero-order valence-corrected chi connectivity index (χ0v) is 20.9. The van der Waals surface area contributed by atoms with E-state index in [0.717, 1.165) is 24.2 Å². The summed E-state index contributed by atoms with van der Waals surface area (Å²) in [6, 6.07) is 18.2. The van der Waals surface area contributed by atoms with Crippen molar-refractivity contribution in [1.29, 1.82) is 0 Å². The van der Waals surface area contributed by atoms with Gasteiger partial charge in [0.1, 0.15) is 12.0 Å². The Morgan fingerprint density at radius 2 is 1.78 bits per heavy atom. The standard InChI is InChI=1S/C28H33N3O5/c1-3-35-28(33)23-10-7-15-31(18-23)27(32)25-20-36-26(29-25)19-30(16-21-8-5-4-6-9-21)17-22-11-13-24(34-2)14-12-22/h4-6,8-9,11-14,20,23H,3,7,10,15-19H2,1-2H3. The molecule has 1 aliphatic rings. The number of amides is 1. The monoisotopic (exact) mass is 491 g/mol. The molecule has 0 bridgehead atoms. The Morgan fingerprint density at radius 3 is 2.47 bits per heavy atom. The van der Waals surface area contributed by atoms with Crippen molar-refractivity contribution in [2.45, 2.75) is 39.4 Å². The van der Waals surface area contributed by atoms with Crippen molar-refractivity contribution in [3.8, 4) is 5.75 Å². The molecule has 2 heterocycles. The molecule has 36 heavy (non-hydrogen) atoms. The van der Waals surface area contributed by atoms with Gasteiger partial charge >= 0.3 is 5.97 Å². The van der Waals surface area contributed by atoms with Crippen molar-refractivity contribution in [2.24, 2.45) is 5.92 Å². The number of carbonyl (C=O) groups is 2. The second-order valence-electron chi connectivity index (χ2n) is 8.95. The first-order chi connectivity index (χ1) is 17.6. The summed E-state index contributed by atoms with van der Waals surface area (Å²) in [5.41, 5.74) is 2.57. The number of likely N-dealkylation sites (tertiary alicyclic amines) is 1. The Balaban J connectivity index is 1.44. The Bertz CT molecular complexity index is 1130. The first-order valence-electron chi connectivity index (χ1n) is 12.3. The van der Waals surface area contributed by atoms with Gasteiger partial charge in [-0.3, -0.25) is 14.5 Å². The second kappa shape index (κ2) is 12.4. The summed E-state index contributed by atoms with van der Waals surface area (Å²) in [6.45, 7) is 4.89. The van der Waals surface area contributed by atoms with Crippen LogP contribution in [0.3, 0.4) is 0 Å². The summed E-state index contributed by atoms with van der Waals surface area (Å²) in [6.07, 6.45) is 2.90. The SMILES string of the molecule is CCOC(=O)C1CCCN(C(=O)c2coc(CN(Cc3ccccc3)Cc3ccc(OC)cc3)n2)C1. The number of aromatic nitrogens is 1. The molecule has 1 saturated heterocycles. The average Bonchev–Trinajstić information content (AvgIpc) is 3.38. The molecule has 1 aliphatic heterocycles. The van der Waals surface area contributed by atoms with Crippen LogP contribution in [0, 0.1) is 5.92 Å². The van der Waals surface area contributed by atoms with Crippen molar-refractivity contribution in [1.82, 2.24) is 14.8 Å². The summed E-state index contributed by atoms with van der Waals surface area (Å²) in [5.74, 6) is 0.531. The normalized spacial score (nSPS) is 15.6. The van der Waals surface area contributed by atoms with Gasteiger partial charge in [-0.1, -0.05) is 42.5 Å². The van der Waals surface area contributed by atoms with Crippen LogP contribution in [0.15, 0.2) is 65.3 Å². The van der Waals surface area contributed by atoms with Gasteiger partial charge < -0.3 is 18.8 Å². The van der Waals surface area contributed by atoms with Gasteiger partial charge in [-0.2, -0.15) is 0 Å². The maximum Gasteiger partial charge on any atom is 0.310 e. The molecule has 1 atom stereocenters. The maximum atomic E-state index is 13.1. The molecule has 8 heteroatoms. The third kappa shape index (κ3) is 6.73. The molecule has 1 amide bonds. The number of rotatable bonds is 10. The van der Waals surface area contributed by atoms with Crippen LogP contribution >= 0.6 is 0 Å². The molecule has 1 unspecified atom stereocenters. The lowest BCUT2D eigenvalue weighted by atomic mass is 9.98. The number of esters is 1. The Labute approximate surface area is 211 Å². The van der Waals surface area contributed by atoms with Crippen molar-refractivity contribution < 1.29 is 23.5 Å². The molecule has 0 N–H and O–H groups in total. The van der Waals surface area contributed by atoms with Gasteiger partial charge in [0.25, 0.3) is 5.91 Å². The molecule has 0 aliphatic carbocycles. The molecule has 190 valence electrons. The Kier molecular flexibility index (Phi) is 8.73. The third-order valence-electron chi connectivity index (χ3n) is 6.27. The lowest BCUT2D eigenvalue weighted by Gasteiger charge is -2.30. The minimum Gasteiger partial charge on any atom is -0.497 e. The van der Waals surface area contributed by atoms with E-state index in [9.17, 15) is 9.59 Å². The molecule has 0 radical (unpaired) electrons. The number of hydrogen-bond acceptors (Lipinski definition) is 7. The molecule has 8 nitrogen and oxygen atoms in total. The minimum absolute atomic E-state index is 0.219. The van der Waals surface area contributed by atoms with Crippen LogP contribution in [0.25, 0.3) is 0 Å². The predicted molar refractivity (Wildman–Crippen MR) is 134 cm³/mol. The van der Waals surface area contributed by atoms with Crippen LogP contribution in [0.2, 0.25) is 0 Å². The van der Waals surface area contributed by atoms with E-state index >= 15 is 0 Å². The van der Waals surface area contributed by atoms with Gasteiger partial charge in [0.05, 0.1) is 26.2 Å². The molecule has 2 aromatic carbocycles. The number of carbonyl (C=O) groups excluding carboxylic acids is 2. The van der Waals surface area contributed by atoms with Gasteiger partial charge in [0.2, 0.25) is 5.89 Å². The van der Waals surface area contributed by atoms with Gasteiger partial charge in [-0.15, -0.1) is 0 Å². The fourth-order valence-corrected chi connectivity index (χ4v) is 4.45. The van der Waals surface area contributed by atoms with E-state index < -0.39 is 0 Å². The maximum absolute atomic E-state index is 13.1. The van der Waals surface area contributed by atoms with E-state index in [1.54, 1.807) is 18.9 Å². The van der Waals surface area contributed by atoms with E-state index in [-0.39, 0.29) is 23.5 Å². The summed E-state index contributed by atoms with van der Waals surface area (Å²) in [7, 11) is 1.65. The van der Waals surface area contributed by atoms with Crippen LogP contribution in [0.4, 0.5) is 0 Å². The molecule has 4 rings (SSSR count).